The van der Waals surface area contributed by atoms with Gasteiger partial charge in [-0.3, -0.25) is 9.48 Å². The number of nitrogen functional groups attached to an aromatic ring is 1. The van der Waals surface area contributed by atoms with Crippen molar-refractivity contribution in [1.29, 1.82) is 0 Å². The molecule has 0 radical (unpaired) electrons. The van der Waals surface area contributed by atoms with Crippen LogP contribution in [0, 0.1) is 0 Å². The highest BCUT2D eigenvalue weighted by atomic mass is 35.5. The molecule has 4 rings (SSSR count). The zero-order valence-corrected chi connectivity index (χ0v) is 17.8. The third-order valence-corrected chi connectivity index (χ3v) is 5.10. The fourth-order valence-corrected chi connectivity index (χ4v) is 3.53. The van der Waals surface area contributed by atoms with Gasteiger partial charge in [0.2, 0.25) is 5.91 Å². The smallest absolute Gasteiger partial charge is 0.223 e. The zero-order chi connectivity index (χ0) is 18.8. The van der Waals surface area contributed by atoms with Gasteiger partial charge in [-0.2, -0.15) is 5.10 Å². The quantitative estimate of drug-likeness (QED) is 0.627. The molecule has 0 aliphatic carbocycles. The minimum atomic E-state index is 0. The first-order valence-electron chi connectivity index (χ1n) is 9.12. The summed E-state index contributed by atoms with van der Waals surface area (Å²) in [6, 6.07) is 7.72. The minimum Gasteiger partial charge on any atom is -0.399 e. The van der Waals surface area contributed by atoms with E-state index in [0.717, 1.165) is 41.2 Å². The summed E-state index contributed by atoms with van der Waals surface area (Å²) in [5.41, 5.74) is 8.56. The molecule has 0 spiro atoms. The average Bonchev–Trinajstić information content (AvgIpc) is 3.08. The van der Waals surface area contributed by atoms with Crippen molar-refractivity contribution in [3.8, 4) is 0 Å². The van der Waals surface area contributed by atoms with Gasteiger partial charge in [0.1, 0.15) is 12.1 Å². The van der Waals surface area contributed by atoms with Gasteiger partial charge < -0.3 is 15.5 Å². The summed E-state index contributed by atoms with van der Waals surface area (Å²) in [4.78, 5) is 25.4. The summed E-state index contributed by atoms with van der Waals surface area (Å²) >= 11 is 0. The van der Waals surface area contributed by atoms with Crippen LogP contribution in [0.3, 0.4) is 0 Å². The Bertz CT molecular complexity index is 970. The number of nitrogens with zero attached hydrogens (tertiary/aromatic N) is 6. The van der Waals surface area contributed by atoms with E-state index in [1.165, 1.54) is 0 Å². The number of piperazine rings is 1. The number of para-hydroxylation sites is 1. The molecule has 1 aromatic carbocycles. The van der Waals surface area contributed by atoms with Crippen LogP contribution in [0.2, 0.25) is 0 Å². The maximum Gasteiger partial charge on any atom is 0.223 e. The molecule has 1 aliphatic heterocycles. The maximum atomic E-state index is 12.6. The molecule has 29 heavy (non-hydrogen) atoms. The van der Waals surface area contributed by atoms with Crippen molar-refractivity contribution in [1.82, 2.24) is 24.6 Å². The number of hydrogen-bond donors (Lipinski definition) is 1. The normalized spacial score (nSPS) is 13.7. The molecule has 0 unspecified atom stereocenters. The van der Waals surface area contributed by atoms with Gasteiger partial charge in [0.15, 0.2) is 5.65 Å². The molecule has 3 aromatic rings. The van der Waals surface area contributed by atoms with Gasteiger partial charge >= 0.3 is 0 Å². The second-order valence-corrected chi connectivity index (χ2v) is 6.77. The molecule has 3 heterocycles. The van der Waals surface area contributed by atoms with E-state index in [1.807, 2.05) is 36.2 Å². The van der Waals surface area contributed by atoms with Crippen molar-refractivity contribution in [3.63, 3.8) is 0 Å². The predicted octanol–water partition coefficient (Wildman–Crippen LogP) is 2.07. The molecule has 156 valence electrons. The summed E-state index contributed by atoms with van der Waals surface area (Å²) < 4.78 is 1.75. The molecule has 1 aliphatic rings. The Morgan fingerprint density at radius 1 is 1.10 bits per heavy atom. The van der Waals surface area contributed by atoms with Gasteiger partial charge in [-0.1, -0.05) is 18.2 Å². The first kappa shape index (κ1) is 22.7. The molecular formula is C19H25Cl2N7O. The van der Waals surface area contributed by atoms with Crippen molar-refractivity contribution < 1.29 is 4.79 Å². The lowest BCUT2D eigenvalue weighted by molar-refractivity contribution is -0.131. The first-order chi connectivity index (χ1) is 13.1. The number of nitrogens with two attached hydrogens (primary N) is 1. The Morgan fingerprint density at radius 2 is 1.83 bits per heavy atom. The van der Waals surface area contributed by atoms with E-state index in [4.69, 9.17) is 5.73 Å². The highest BCUT2D eigenvalue weighted by Gasteiger charge is 2.23. The fraction of sp³-hybridized carbons (Fsp3) is 0.368. The van der Waals surface area contributed by atoms with Gasteiger partial charge in [-0.05, 0) is 18.1 Å². The van der Waals surface area contributed by atoms with Crippen LogP contribution in [0.4, 0.5) is 11.5 Å². The second-order valence-electron chi connectivity index (χ2n) is 6.77. The second kappa shape index (κ2) is 9.76. The number of carbonyl (C=O) groups excluding carboxylic acids is 1. The third-order valence-electron chi connectivity index (χ3n) is 5.10. The number of carbonyl (C=O) groups is 1. The molecule has 0 atom stereocenters. The topological polar surface area (TPSA) is 93.2 Å². The van der Waals surface area contributed by atoms with Crippen LogP contribution in [-0.2, 0) is 18.3 Å². The van der Waals surface area contributed by atoms with Crippen molar-refractivity contribution in [2.45, 2.75) is 12.8 Å². The molecule has 10 heteroatoms. The van der Waals surface area contributed by atoms with Crippen molar-refractivity contribution in [3.05, 3.63) is 42.4 Å². The molecular weight excluding hydrogens is 413 g/mol. The average molecular weight is 438 g/mol. The highest BCUT2D eigenvalue weighted by Crippen LogP contribution is 2.23. The van der Waals surface area contributed by atoms with E-state index in [1.54, 1.807) is 17.2 Å². The lowest BCUT2D eigenvalue weighted by Crippen LogP contribution is -2.49. The Balaban J connectivity index is 0.00000150. The predicted molar refractivity (Wildman–Crippen MR) is 119 cm³/mol. The lowest BCUT2D eigenvalue weighted by Gasteiger charge is -2.35. The summed E-state index contributed by atoms with van der Waals surface area (Å²) in [5, 5.41) is 5.21. The summed E-state index contributed by atoms with van der Waals surface area (Å²) in [6.45, 7) is 2.88. The SMILES string of the molecule is Cl.Cl.Cn1ncc2c(N3CCN(C(=O)CCc4ccccc4N)CC3)ncnc21. The van der Waals surface area contributed by atoms with E-state index in [9.17, 15) is 4.79 Å². The van der Waals surface area contributed by atoms with Crippen LogP contribution in [0.1, 0.15) is 12.0 Å². The van der Waals surface area contributed by atoms with Gasteiger partial charge in [-0.15, -0.1) is 24.8 Å². The van der Waals surface area contributed by atoms with Crippen LogP contribution < -0.4 is 10.6 Å². The third kappa shape index (κ3) is 4.71. The van der Waals surface area contributed by atoms with Gasteiger partial charge in [-0.25, -0.2) is 9.97 Å². The number of aryl methyl sites for hydroxylation is 2. The number of benzene rings is 1. The van der Waals surface area contributed by atoms with E-state index in [-0.39, 0.29) is 30.7 Å². The standard InChI is InChI=1S/C19H23N7O.2ClH/c1-24-18-15(12-23-24)19(22-13-21-18)26-10-8-25(9-11-26)17(27)7-6-14-4-2-3-5-16(14)20;;/h2-5,12-13H,6-11,20H2,1H3;2*1H. The fourth-order valence-electron chi connectivity index (χ4n) is 3.53. The van der Waals surface area contributed by atoms with Crippen LogP contribution in [0.15, 0.2) is 36.8 Å². The number of fused-ring (bicyclic) bond motifs is 1. The molecule has 1 saturated heterocycles. The Hall–Kier alpha value is -2.58. The largest absolute Gasteiger partial charge is 0.399 e. The van der Waals surface area contributed by atoms with E-state index < -0.39 is 0 Å². The number of anilines is 2. The Labute approximate surface area is 181 Å². The number of hydrogen-bond acceptors (Lipinski definition) is 6. The number of amides is 1. The lowest BCUT2D eigenvalue weighted by atomic mass is 10.1. The molecule has 1 fully saturated rings. The van der Waals surface area contributed by atoms with Gasteiger partial charge in [0, 0.05) is 45.3 Å². The highest BCUT2D eigenvalue weighted by molar-refractivity contribution is 5.87. The first-order valence-corrected chi connectivity index (χ1v) is 9.12. The summed E-state index contributed by atoms with van der Waals surface area (Å²) in [7, 11) is 1.87. The summed E-state index contributed by atoms with van der Waals surface area (Å²) in [6.07, 6.45) is 4.52. The minimum absolute atomic E-state index is 0. The molecule has 0 bridgehead atoms. The van der Waals surface area contributed by atoms with Gasteiger partial charge in [0.05, 0.1) is 11.6 Å². The van der Waals surface area contributed by atoms with Crippen molar-refractivity contribution in [2.75, 3.05) is 36.8 Å². The molecule has 2 aromatic heterocycles. The van der Waals surface area contributed by atoms with Crippen LogP contribution in [-0.4, -0.2) is 56.7 Å². The zero-order valence-electron chi connectivity index (χ0n) is 16.2. The number of aromatic nitrogens is 4. The maximum absolute atomic E-state index is 12.6. The molecule has 0 saturated carbocycles. The van der Waals surface area contributed by atoms with E-state index in [2.05, 4.69) is 20.0 Å². The number of halogens is 2. The van der Waals surface area contributed by atoms with E-state index in [0.29, 0.717) is 25.9 Å². The number of rotatable bonds is 4. The van der Waals surface area contributed by atoms with Gasteiger partial charge in [0.25, 0.3) is 0 Å². The van der Waals surface area contributed by atoms with Crippen LogP contribution in [0.25, 0.3) is 11.0 Å². The van der Waals surface area contributed by atoms with Crippen LogP contribution in [0.5, 0.6) is 0 Å². The Morgan fingerprint density at radius 3 is 2.55 bits per heavy atom. The van der Waals surface area contributed by atoms with Crippen molar-refractivity contribution in [2.24, 2.45) is 7.05 Å². The van der Waals surface area contributed by atoms with Crippen LogP contribution >= 0.6 is 24.8 Å². The monoisotopic (exact) mass is 437 g/mol. The molecule has 8 nitrogen and oxygen atoms in total. The molecule has 2 N–H and O–H groups in total. The Kier molecular flexibility index (Phi) is 7.64. The molecule has 1 amide bonds. The summed E-state index contributed by atoms with van der Waals surface area (Å²) in [5.74, 6) is 1.06. The van der Waals surface area contributed by atoms with E-state index >= 15 is 0 Å². The van der Waals surface area contributed by atoms with Crippen molar-refractivity contribution >= 4 is 53.3 Å².